The first kappa shape index (κ1) is 14.0. The van der Waals surface area contributed by atoms with Crippen molar-refractivity contribution in [1.82, 2.24) is 0 Å². The molecule has 0 aliphatic carbocycles. The van der Waals surface area contributed by atoms with Gasteiger partial charge in [0.2, 0.25) is 0 Å². The molecule has 1 unspecified atom stereocenters. The van der Waals surface area contributed by atoms with Crippen LogP contribution in [0.25, 0.3) is 0 Å². The normalized spacial score (nSPS) is 13.8. The van der Waals surface area contributed by atoms with E-state index in [2.05, 4.69) is 0 Å². The highest BCUT2D eigenvalue weighted by molar-refractivity contribution is 7.84. The van der Waals surface area contributed by atoms with Crippen LogP contribution in [0.4, 0.5) is 0 Å². The van der Waals surface area contributed by atoms with Gasteiger partial charge in [0.1, 0.15) is 0 Å². The number of hydrogen-bond donors (Lipinski definition) is 1. The summed E-state index contributed by atoms with van der Waals surface area (Å²) in [6.45, 7) is 3.70. The zero-order chi connectivity index (χ0) is 12.3. The lowest BCUT2D eigenvalue weighted by atomic mass is 10.1. The fraction of sp³-hybridized carbons (Fsp3) is 0.455. The van der Waals surface area contributed by atoms with E-state index in [9.17, 15) is 4.21 Å². The van der Waals surface area contributed by atoms with E-state index < -0.39 is 16.3 Å². The van der Waals surface area contributed by atoms with E-state index in [1.54, 1.807) is 12.1 Å². The predicted molar refractivity (Wildman–Crippen MR) is 71.4 cm³/mol. The Morgan fingerprint density at radius 2 is 2.00 bits per heavy atom. The van der Waals surface area contributed by atoms with Crippen molar-refractivity contribution < 1.29 is 4.21 Å². The predicted octanol–water partition coefficient (Wildman–Crippen LogP) is 2.98. The van der Waals surface area contributed by atoms with Crippen LogP contribution in [0.2, 0.25) is 10.0 Å². The second kappa shape index (κ2) is 5.50. The van der Waals surface area contributed by atoms with Gasteiger partial charge in [-0.05, 0) is 25.5 Å². The van der Waals surface area contributed by atoms with Gasteiger partial charge in [-0.15, -0.1) is 0 Å². The molecule has 1 rings (SSSR count). The average Bonchev–Trinajstić information content (AvgIpc) is 2.09. The van der Waals surface area contributed by atoms with E-state index in [4.69, 9.17) is 28.9 Å². The minimum atomic E-state index is -1.03. The minimum absolute atomic E-state index is 0.389. The van der Waals surface area contributed by atoms with Crippen LogP contribution in [-0.2, 0) is 16.6 Å². The molecule has 16 heavy (non-hydrogen) atoms. The van der Waals surface area contributed by atoms with Crippen molar-refractivity contribution in [3.63, 3.8) is 0 Å². The molecule has 0 saturated heterocycles. The third-order valence-corrected chi connectivity index (χ3v) is 4.44. The average molecular weight is 280 g/mol. The van der Waals surface area contributed by atoms with Crippen molar-refractivity contribution in [2.75, 3.05) is 5.75 Å². The molecule has 1 aromatic carbocycles. The molecule has 5 heteroatoms. The van der Waals surface area contributed by atoms with Crippen molar-refractivity contribution in [2.45, 2.75) is 25.1 Å². The van der Waals surface area contributed by atoms with Crippen molar-refractivity contribution in [1.29, 1.82) is 0 Å². The van der Waals surface area contributed by atoms with Crippen LogP contribution in [0, 0.1) is 0 Å². The first-order valence-electron chi connectivity index (χ1n) is 4.86. The van der Waals surface area contributed by atoms with Crippen molar-refractivity contribution in [3.05, 3.63) is 33.8 Å². The van der Waals surface area contributed by atoms with E-state index in [0.717, 1.165) is 5.56 Å². The van der Waals surface area contributed by atoms with Gasteiger partial charge >= 0.3 is 0 Å². The Kier molecular flexibility index (Phi) is 4.80. The summed E-state index contributed by atoms with van der Waals surface area (Å²) in [5.41, 5.74) is 6.17. The summed E-state index contributed by atoms with van der Waals surface area (Å²) in [7, 11) is -1.03. The van der Waals surface area contributed by atoms with Crippen molar-refractivity contribution in [3.8, 4) is 0 Å². The summed E-state index contributed by atoms with van der Waals surface area (Å²) < 4.78 is 11.8. The fourth-order valence-corrected chi connectivity index (χ4v) is 3.28. The zero-order valence-corrected chi connectivity index (χ0v) is 11.6. The Labute approximate surface area is 109 Å². The van der Waals surface area contributed by atoms with Crippen LogP contribution in [0.15, 0.2) is 18.2 Å². The highest BCUT2D eigenvalue weighted by Gasteiger charge is 2.16. The lowest BCUT2D eigenvalue weighted by Gasteiger charge is -2.17. The highest BCUT2D eigenvalue weighted by Crippen LogP contribution is 2.26. The summed E-state index contributed by atoms with van der Waals surface area (Å²) in [5, 5.41) is 0.968. The number of nitrogens with two attached hydrogens (primary N) is 1. The molecule has 0 bridgehead atoms. The Morgan fingerprint density at radius 1 is 1.38 bits per heavy atom. The summed E-state index contributed by atoms with van der Waals surface area (Å²) in [6.07, 6.45) is 0. The second-order valence-electron chi connectivity index (χ2n) is 4.43. The lowest BCUT2D eigenvalue weighted by Crippen LogP contribution is -2.38. The quantitative estimate of drug-likeness (QED) is 0.921. The molecule has 0 amide bonds. The Bertz CT molecular complexity index is 401. The summed E-state index contributed by atoms with van der Waals surface area (Å²) in [5.74, 6) is 0.829. The van der Waals surface area contributed by atoms with E-state index in [0.29, 0.717) is 21.6 Å². The van der Waals surface area contributed by atoms with Gasteiger partial charge in [0.25, 0.3) is 0 Å². The molecule has 0 heterocycles. The summed E-state index contributed by atoms with van der Waals surface area (Å²) in [6, 6.07) is 5.34. The van der Waals surface area contributed by atoms with Crippen LogP contribution in [0.5, 0.6) is 0 Å². The van der Waals surface area contributed by atoms with Crippen LogP contribution in [0.3, 0.4) is 0 Å². The van der Waals surface area contributed by atoms with Crippen LogP contribution >= 0.6 is 23.2 Å². The van der Waals surface area contributed by atoms with E-state index >= 15 is 0 Å². The first-order chi connectivity index (χ1) is 7.29. The molecule has 1 aromatic rings. The molecule has 0 aliphatic heterocycles. The maximum Gasteiger partial charge on any atom is 0.0633 e. The smallest absolute Gasteiger partial charge is 0.0633 e. The van der Waals surface area contributed by atoms with Gasteiger partial charge in [-0.25, -0.2) is 0 Å². The monoisotopic (exact) mass is 279 g/mol. The standard InChI is InChI=1S/C11H15Cl2NOS/c1-11(2,14)7-16(15)6-8-4-3-5-9(12)10(8)13/h3-5H,6-7,14H2,1-2H3. The second-order valence-corrected chi connectivity index (χ2v) is 6.67. The van der Waals surface area contributed by atoms with Gasteiger partial charge in [0, 0.05) is 22.1 Å². The SMILES string of the molecule is CC(C)(N)CS(=O)Cc1cccc(Cl)c1Cl. The number of benzene rings is 1. The molecule has 90 valence electrons. The van der Waals surface area contributed by atoms with Gasteiger partial charge in [0.05, 0.1) is 15.8 Å². The number of hydrogen-bond acceptors (Lipinski definition) is 2. The molecule has 1 atom stereocenters. The minimum Gasteiger partial charge on any atom is -0.325 e. The van der Waals surface area contributed by atoms with E-state index in [1.807, 2.05) is 19.9 Å². The third kappa shape index (κ3) is 4.42. The number of halogens is 2. The fourth-order valence-electron chi connectivity index (χ4n) is 1.30. The Morgan fingerprint density at radius 3 is 2.56 bits per heavy atom. The van der Waals surface area contributed by atoms with E-state index in [1.165, 1.54) is 0 Å². The van der Waals surface area contributed by atoms with Crippen LogP contribution in [-0.4, -0.2) is 15.5 Å². The molecule has 0 aromatic heterocycles. The first-order valence-corrected chi connectivity index (χ1v) is 7.11. The largest absolute Gasteiger partial charge is 0.325 e. The van der Waals surface area contributed by atoms with E-state index in [-0.39, 0.29) is 0 Å². The third-order valence-electron chi connectivity index (χ3n) is 1.88. The molecule has 2 nitrogen and oxygen atoms in total. The van der Waals surface area contributed by atoms with Gasteiger partial charge in [-0.3, -0.25) is 4.21 Å². The zero-order valence-electron chi connectivity index (χ0n) is 9.30. The van der Waals surface area contributed by atoms with Gasteiger partial charge in [-0.1, -0.05) is 35.3 Å². The van der Waals surface area contributed by atoms with Crippen molar-refractivity contribution >= 4 is 34.0 Å². The van der Waals surface area contributed by atoms with Gasteiger partial charge < -0.3 is 5.73 Å². The molecular formula is C11H15Cl2NOS. The molecule has 0 radical (unpaired) electrons. The molecule has 0 fully saturated rings. The molecule has 0 spiro atoms. The number of rotatable bonds is 4. The molecule has 2 N–H and O–H groups in total. The van der Waals surface area contributed by atoms with Gasteiger partial charge in [0.15, 0.2) is 0 Å². The molecular weight excluding hydrogens is 265 g/mol. The maximum atomic E-state index is 11.8. The molecule has 0 saturated carbocycles. The highest BCUT2D eigenvalue weighted by atomic mass is 35.5. The Balaban J connectivity index is 2.74. The summed E-state index contributed by atoms with van der Waals surface area (Å²) >= 11 is 11.9. The topological polar surface area (TPSA) is 43.1 Å². The van der Waals surface area contributed by atoms with Crippen LogP contribution in [0.1, 0.15) is 19.4 Å². The maximum absolute atomic E-state index is 11.8. The van der Waals surface area contributed by atoms with Crippen molar-refractivity contribution in [2.24, 2.45) is 5.73 Å². The van der Waals surface area contributed by atoms with Gasteiger partial charge in [-0.2, -0.15) is 0 Å². The Hall–Kier alpha value is -0.0900. The summed E-state index contributed by atoms with van der Waals surface area (Å²) in [4.78, 5) is 0. The molecule has 0 aliphatic rings. The van der Waals surface area contributed by atoms with Crippen LogP contribution < -0.4 is 5.73 Å². The lowest BCUT2D eigenvalue weighted by molar-refractivity contribution is 0.577.